The lowest BCUT2D eigenvalue weighted by atomic mass is 9.91. The monoisotopic (exact) mass is 455 g/mol. The highest BCUT2D eigenvalue weighted by Crippen LogP contribution is 2.40. The Bertz CT molecular complexity index is 933. The molecule has 0 saturated carbocycles. The lowest BCUT2D eigenvalue weighted by Crippen LogP contribution is -2.57. The molecule has 0 radical (unpaired) electrons. The van der Waals surface area contributed by atoms with Gasteiger partial charge < -0.3 is 21.1 Å². The molecule has 1 atom stereocenters. The molecule has 12 heteroatoms. The second-order valence-corrected chi connectivity index (χ2v) is 9.02. The summed E-state index contributed by atoms with van der Waals surface area (Å²) < 4.78 is 39.7. The summed E-state index contributed by atoms with van der Waals surface area (Å²) in [6.07, 6.45) is -0.581. The van der Waals surface area contributed by atoms with E-state index >= 15 is 0 Å². The van der Waals surface area contributed by atoms with Crippen molar-refractivity contribution in [2.24, 2.45) is 5.73 Å². The Labute approximate surface area is 182 Å². The number of hydrogen-bond donors (Lipinski definition) is 3. The normalized spacial score (nSPS) is 21.1. The number of nitrogens with zero attached hydrogens (tertiary/aromatic N) is 5. The molecule has 0 amide bonds. The molecule has 2 aromatic heterocycles. The molecule has 168 valence electrons. The molecule has 31 heavy (non-hydrogen) atoms. The molecule has 2 aliphatic heterocycles. The molecule has 2 aromatic rings. The minimum absolute atomic E-state index is 0.0377. The number of nitrogens with one attached hydrogen (secondary N) is 1. The maximum atomic E-state index is 13.2. The smallest absolute Gasteiger partial charge is 0.395 e. The van der Waals surface area contributed by atoms with Crippen molar-refractivity contribution in [3.05, 3.63) is 30.2 Å². The van der Waals surface area contributed by atoms with Gasteiger partial charge in [0, 0.05) is 36.3 Å². The van der Waals surface area contributed by atoms with Gasteiger partial charge in [-0.05, 0) is 31.9 Å². The number of fused-ring (bicyclic) bond motifs is 1. The molecule has 1 unspecified atom stereocenters. The summed E-state index contributed by atoms with van der Waals surface area (Å²) >= 11 is 0.864. The first kappa shape index (κ1) is 22.1. The number of aliphatic hydroxyl groups excluding tert-OH is 1. The summed E-state index contributed by atoms with van der Waals surface area (Å²) in [4.78, 5) is 16.5. The van der Waals surface area contributed by atoms with Crippen molar-refractivity contribution in [1.29, 1.82) is 0 Å². The highest BCUT2D eigenvalue weighted by molar-refractivity contribution is 7.99. The number of likely N-dealkylation sites (tertiary alicyclic amines) is 1. The van der Waals surface area contributed by atoms with Gasteiger partial charge in [0.05, 0.1) is 12.8 Å². The zero-order chi connectivity index (χ0) is 22.2. The molecular weight excluding hydrogens is 431 g/mol. The number of aromatic nitrogens is 3. The molecule has 1 fully saturated rings. The largest absolute Gasteiger partial charge is 0.434 e. The van der Waals surface area contributed by atoms with Crippen LogP contribution in [-0.2, 0) is 6.18 Å². The van der Waals surface area contributed by atoms with Crippen molar-refractivity contribution >= 4 is 23.4 Å². The molecule has 4 N–H and O–H groups in total. The second kappa shape index (κ2) is 8.41. The second-order valence-electron chi connectivity index (χ2n) is 7.96. The van der Waals surface area contributed by atoms with Crippen LogP contribution in [0.4, 0.5) is 24.8 Å². The van der Waals surface area contributed by atoms with Gasteiger partial charge in [0.1, 0.15) is 5.03 Å². The molecule has 2 aliphatic rings. The minimum atomic E-state index is -4.55. The van der Waals surface area contributed by atoms with Crippen LogP contribution < -0.4 is 16.0 Å². The van der Waals surface area contributed by atoms with Crippen molar-refractivity contribution in [3.8, 4) is 0 Å². The van der Waals surface area contributed by atoms with E-state index in [2.05, 4.69) is 25.2 Å². The van der Waals surface area contributed by atoms with Crippen LogP contribution in [0.1, 0.15) is 25.5 Å². The Morgan fingerprint density at radius 3 is 2.74 bits per heavy atom. The van der Waals surface area contributed by atoms with Gasteiger partial charge in [-0.1, -0.05) is 11.8 Å². The van der Waals surface area contributed by atoms with Gasteiger partial charge in [-0.25, -0.2) is 9.97 Å². The highest BCUT2D eigenvalue weighted by Gasteiger charge is 2.39. The van der Waals surface area contributed by atoms with Crippen molar-refractivity contribution in [1.82, 2.24) is 19.9 Å². The lowest BCUT2D eigenvalue weighted by Gasteiger charge is -2.42. The van der Waals surface area contributed by atoms with Gasteiger partial charge in [-0.2, -0.15) is 13.2 Å². The first-order chi connectivity index (χ1) is 14.7. The lowest BCUT2D eigenvalue weighted by molar-refractivity contribution is -0.143. The van der Waals surface area contributed by atoms with Crippen LogP contribution in [0.2, 0.25) is 0 Å². The number of alkyl halides is 3. The molecule has 0 spiro atoms. The first-order valence-electron chi connectivity index (χ1n) is 9.92. The van der Waals surface area contributed by atoms with Crippen molar-refractivity contribution < 1.29 is 18.3 Å². The quantitative estimate of drug-likeness (QED) is 0.627. The predicted molar refractivity (Wildman–Crippen MR) is 111 cm³/mol. The topological polar surface area (TPSA) is 103 Å². The Morgan fingerprint density at radius 2 is 2.06 bits per heavy atom. The van der Waals surface area contributed by atoms with Crippen LogP contribution >= 0.6 is 11.8 Å². The summed E-state index contributed by atoms with van der Waals surface area (Å²) in [6.45, 7) is 3.86. The zero-order valence-corrected chi connectivity index (χ0v) is 17.7. The summed E-state index contributed by atoms with van der Waals surface area (Å²) in [5.74, 6) is 1.04. The van der Waals surface area contributed by atoms with E-state index in [9.17, 15) is 18.3 Å². The number of β-amino-alcohol motifs (C(OH)–C–C–N with tert-alkyl or cyclic N) is 1. The Balaban J connectivity index is 1.56. The molecule has 4 heterocycles. The van der Waals surface area contributed by atoms with E-state index in [1.807, 2.05) is 11.8 Å². The van der Waals surface area contributed by atoms with E-state index in [-0.39, 0.29) is 23.3 Å². The molecular formula is C19H24F3N7OS. The van der Waals surface area contributed by atoms with Crippen molar-refractivity contribution in [3.63, 3.8) is 0 Å². The summed E-state index contributed by atoms with van der Waals surface area (Å²) in [7, 11) is 0. The van der Waals surface area contributed by atoms with Crippen LogP contribution in [0.25, 0.3) is 0 Å². The number of aliphatic hydroxyl groups is 1. The van der Waals surface area contributed by atoms with Gasteiger partial charge >= 0.3 is 6.18 Å². The summed E-state index contributed by atoms with van der Waals surface area (Å²) in [5.41, 5.74) is 5.08. The van der Waals surface area contributed by atoms with E-state index in [1.54, 1.807) is 0 Å². The predicted octanol–water partition coefficient (Wildman–Crippen LogP) is 2.36. The third-order valence-corrected chi connectivity index (χ3v) is 6.40. The van der Waals surface area contributed by atoms with E-state index in [4.69, 9.17) is 5.73 Å². The number of nitrogens with two attached hydrogens (primary N) is 1. The van der Waals surface area contributed by atoms with Gasteiger partial charge in [-0.3, -0.25) is 9.88 Å². The number of anilines is 2. The maximum absolute atomic E-state index is 13.2. The first-order valence-corrected chi connectivity index (χ1v) is 10.7. The van der Waals surface area contributed by atoms with Crippen LogP contribution in [0.15, 0.2) is 34.4 Å². The van der Waals surface area contributed by atoms with Crippen LogP contribution in [0, 0.1) is 0 Å². The number of rotatable bonds is 5. The zero-order valence-electron chi connectivity index (χ0n) is 16.9. The van der Waals surface area contributed by atoms with Crippen LogP contribution in [-0.4, -0.2) is 63.0 Å². The van der Waals surface area contributed by atoms with Crippen LogP contribution in [0.3, 0.4) is 0 Å². The Hall–Kier alpha value is -2.15. The third-order valence-electron chi connectivity index (χ3n) is 5.44. The van der Waals surface area contributed by atoms with Gasteiger partial charge in [0.2, 0.25) is 0 Å². The van der Waals surface area contributed by atoms with E-state index < -0.39 is 11.9 Å². The Kier molecular flexibility index (Phi) is 5.99. The maximum Gasteiger partial charge on any atom is 0.434 e. The van der Waals surface area contributed by atoms with Crippen LogP contribution in [0.5, 0.6) is 0 Å². The summed E-state index contributed by atoms with van der Waals surface area (Å²) in [6, 6.07) is 2.82. The molecule has 4 rings (SSSR count). The number of halogens is 3. The van der Waals surface area contributed by atoms with E-state index in [0.717, 1.165) is 43.9 Å². The average molecular weight is 456 g/mol. The molecule has 0 aromatic carbocycles. The molecule has 0 aliphatic carbocycles. The molecule has 1 saturated heterocycles. The minimum Gasteiger partial charge on any atom is -0.395 e. The standard InChI is InChI=1S/C19H24F3N7OS/c1-18(23)4-7-28(8-5-18)17-27-15-16(29(17)9-10-30)25-11-13(26-15)31-12-3-2-6-24-14(12)19(20,21)22/h2-3,6,11,17,30H,4-5,7-10,23H2,1H3,(H,26,27). The number of hydrogen-bond acceptors (Lipinski definition) is 9. The number of pyridine rings is 1. The third kappa shape index (κ3) is 4.71. The summed E-state index contributed by atoms with van der Waals surface area (Å²) in [5, 5.41) is 13.2. The fourth-order valence-corrected chi connectivity index (χ4v) is 4.62. The van der Waals surface area contributed by atoms with Crippen molar-refractivity contribution in [2.75, 3.05) is 36.5 Å². The number of piperidine rings is 1. The molecule has 8 nitrogen and oxygen atoms in total. The molecule has 0 bridgehead atoms. The van der Waals surface area contributed by atoms with E-state index in [0.29, 0.717) is 23.2 Å². The SMILES string of the molecule is CC1(N)CCN(C2Nc3nc(Sc4cccnc4C(F)(F)F)cnc3N2CCO)CC1. The van der Waals surface area contributed by atoms with Gasteiger partial charge in [0.15, 0.2) is 23.6 Å². The van der Waals surface area contributed by atoms with E-state index in [1.165, 1.54) is 18.3 Å². The fraction of sp³-hybridized carbons (Fsp3) is 0.526. The van der Waals surface area contributed by atoms with Crippen molar-refractivity contribution in [2.45, 2.75) is 47.7 Å². The fourth-order valence-electron chi connectivity index (χ4n) is 3.74. The Morgan fingerprint density at radius 1 is 1.32 bits per heavy atom. The average Bonchev–Trinajstić information content (AvgIpc) is 3.05. The highest BCUT2D eigenvalue weighted by atomic mass is 32.2. The van der Waals surface area contributed by atoms with Gasteiger partial charge in [-0.15, -0.1) is 0 Å². The van der Waals surface area contributed by atoms with Gasteiger partial charge in [0.25, 0.3) is 0 Å².